The first-order chi connectivity index (χ1) is 8.29. The summed E-state index contributed by atoms with van der Waals surface area (Å²) < 4.78 is 54.2. The van der Waals surface area contributed by atoms with Crippen LogP contribution in [0.2, 0.25) is 0 Å². The second-order valence-corrected chi connectivity index (χ2v) is 3.73. The molecule has 1 heterocycles. The third kappa shape index (κ3) is 2.18. The average molecular weight is 264 g/mol. The zero-order valence-corrected chi connectivity index (χ0v) is 8.87. The highest BCUT2D eigenvalue weighted by Crippen LogP contribution is 2.33. The minimum atomic E-state index is -4.64. The molecular weight excluding hydrogens is 256 g/mol. The molecule has 0 bridgehead atoms. The highest BCUT2D eigenvalue weighted by atomic mass is 19.4. The van der Waals surface area contributed by atoms with Gasteiger partial charge >= 0.3 is 12.3 Å². The highest BCUT2D eigenvalue weighted by molar-refractivity contribution is 5.93. The number of carbonyl (C=O) groups is 1. The molecule has 4 nitrogen and oxygen atoms in total. The number of nitrogens with zero attached hydrogens (tertiary/aromatic N) is 1. The first kappa shape index (κ1) is 12.5. The molecule has 2 N–H and O–H groups in total. The lowest BCUT2D eigenvalue weighted by atomic mass is 10.2. The van der Waals surface area contributed by atoms with E-state index in [-0.39, 0.29) is 11.4 Å². The summed E-state index contributed by atoms with van der Waals surface area (Å²) in [6.45, 7) is -0.696. The van der Waals surface area contributed by atoms with Gasteiger partial charge in [0, 0.05) is 0 Å². The normalized spacial score (nSPS) is 20.1. The van der Waals surface area contributed by atoms with Crippen LogP contribution in [0.5, 0.6) is 0 Å². The van der Waals surface area contributed by atoms with Gasteiger partial charge in [-0.2, -0.15) is 13.2 Å². The summed E-state index contributed by atoms with van der Waals surface area (Å²) in [7, 11) is 0. The van der Waals surface area contributed by atoms with Gasteiger partial charge in [0.1, 0.15) is 5.82 Å². The molecule has 1 amide bonds. The van der Waals surface area contributed by atoms with Crippen LogP contribution in [0.1, 0.15) is 0 Å². The lowest BCUT2D eigenvalue weighted by Crippen LogP contribution is -2.33. The predicted octanol–water partition coefficient (Wildman–Crippen LogP) is 2.30. The van der Waals surface area contributed by atoms with Gasteiger partial charge in [-0.15, -0.1) is 0 Å². The molecule has 98 valence electrons. The minimum Gasteiger partial charge on any atom is -0.434 e. The Labute approximate surface area is 98.9 Å². The predicted molar refractivity (Wildman–Crippen MR) is 54.5 cm³/mol. The van der Waals surface area contributed by atoms with Crippen molar-refractivity contribution in [1.29, 1.82) is 0 Å². The first-order valence-electron chi connectivity index (χ1n) is 4.89. The number of nitrogens with two attached hydrogens (primary N) is 1. The lowest BCUT2D eigenvalue weighted by molar-refractivity contribution is -0.191. The molecule has 1 aromatic rings. The van der Waals surface area contributed by atoms with Gasteiger partial charge in [0.15, 0.2) is 0 Å². The number of rotatable bonds is 1. The summed E-state index contributed by atoms with van der Waals surface area (Å²) >= 11 is 0. The molecule has 1 aliphatic rings. The molecule has 1 fully saturated rings. The number of carbonyl (C=O) groups excluding carboxylic acids is 1. The number of cyclic esters (lactones) is 1. The fourth-order valence-corrected chi connectivity index (χ4v) is 1.60. The highest BCUT2D eigenvalue weighted by Gasteiger charge is 2.49. The molecule has 0 aliphatic carbocycles. The van der Waals surface area contributed by atoms with Crippen molar-refractivity contribution in [3.63, 3.8) is 0 Å². The molecule has 0 radical (unpaired) electrons. The molecule has 0 unspecified atom stereocenters. The fraction of sp³-hybridized carbons (Fsp3) is 0.300. The van der Waals surface area contributed by atoms with Crippen LogP contribution in [-0.4, -0.2) is 24.9 Å². The molecule has 0 saturated carbocycles. The Morgan fingerprint density at radius 1 is 1.39 bits per heavy atom. The van der Waals surface area contributed by atoms with Crippen LogP contribution >= 0.6 is 0 Å². The molecule has 0 aromatic heterocycles. The van der Waals surface area contributed by atoms with Crippen LogP contribution in [0.3, 0.4) is 0 Å². The van der Waals surface area contributed by atoms with Crippen molar-refractivity contribution in [2.24, 2.45) is 0 Å². The van der Waals surface area contributed by atoms with Crippen molar-refractivity contribution in [2.75, 3.05) is 17.2 Å². The monoisotopic (exact) mass is 264 g/mol. The number of nitrogen functional groups attached to an aromatic ring is 1. The maximum absolute atomic E-state index is 12.8. The maximum Gasteiger partial charge on any atom is 0.427 e. The van der Waals surface area contributed by atoms with E-state index in [1.807, 2.05) is 0 Å². The van der Waals surface area contributed by atoms with Gasteiger partial charge in [-0.1, -0.05) is 0 Å². The molecule has 2 rings (SSSR count). The molecule has 8 heteroatoms. The Bertz CT molecular complexity index is 489. The molecule has 18 heavy (non-hydrogen) atoms. The number of anilines is 2. The number of hydrogen-bond donors (Lipinski definition) is 1. The zero-order chi connectivity index (χ0) is 13.5. The average Bonchev–Trinajstić information content (AvgIpc) is 2.60. The summed E-state index contributed by atoms with van der Waals surface area (Å²) in [5.74, 6) is -0.642. The Hall–Kier alpha value is -1.99. The van der Waals surface area contributed by atoms with E-state index in [9.17, 15) is 22.4 Å². The summed E-state index contributed by atoms with van der Waals surface area (Å²) in [6, 6.07) is 3.05. The summed E-state index contributed by atoms with van der Waals surface area (Å²) in [4.78, 5) is 12.1. The third-order valence-electron chi connectivity index (χ3n) is 2.46. The zero-order valence-electron chi connectivity index (χ0n) is 8.87. The van der Waals surface area contributed by atoms with Crippen LogP contribution in [0, 0.1) is 5.82 Å². The lowest BCUT2D eigenvalue weighted by Gasteiger charge is -2.15. The SMILES string of the molecule is Nc1cc(F)ccc1N1C[C@@H](C(F)(F)F)OC1=O. The van der Waals surface area contributed by atoms with Gasteiger partial charge < -0.3 is 10.5 Å². The van der Waals surface area contributed by atoms with Gasteiger partial charge in [-0.25, -0.2) is 9.18 Å². The second-order valence-electron chi connectivity index (χ2n) is 3.73. The van der Waals surface area contributed by atoms with E-state index in [1.165, 1.54) is 0 Å². The van der Waals surface area contributed by atoms with Crippen molar-refractivity contribution in [1.82, 2.24) is 0 Å². The van der Waals surface area contributed by atoms with Crippen molar-refractivity contribution < 1.29 is 27.1 Å². The Kier molecular flexibility index (Phi) is 2.80. The van der Waals surface area contributed by atoms with Crippen molar-refractivity contribution >= 4 is 17.5 Å². The van der Waals surface area contributed by atoms with E-state index in [2.05, 4.69) is 4.74 Å². The van der Waals surface area contributed by atoms with E-state index < -0.39 is 30.7 Å². The van der Waals surface area contributed by atoms with Crippen molar-refractivity contribution in [2.45, 2.75) is 12.3 Å². The van der Waals surface area contributed by atoms with Crippen LogP contribution in [0.4, 0.5) is 33.7 Å². The van der Waals surface area contributed by atoms with Crippen LogP contribution < -0.4 is 10.6 Å². The number of ether oxygens (including phenoxy) is 1. The van der Waals surface area contributed by atoms with Crippen LogP contribution in [0.15, 0.2) is 18.2 Å². The Balaban J connectivity index is 2.27. The van der Waals surface area contributed by atoms with Gasteiger partial charge in [0.25, 0.3) is 0 Å². The van der Waals surface area contributed by atoms with Gasteiger partial charge in [0.2, 0.25) is 6.10 Å². The van der Waals surface area contributed by atoms with E-state index in [0.29, 0.717) is 0 Å². The molecular formula is C10H8F4N2O2. The van der Waals surface area contributed by atoms with Crippen molar-refractivity contribution in [3.05, 3.63) is 24.0 Å². The number of alkyl halides is 3. The summed E-state index contributed by atoms with van der Waals surface area (Å²) in [6.07, 6.45) is -8.00. The maximum atomic E-state index is 12.8. The van der Waals surface area contributed by atoms with Crippen molar-refractivity contribution in [3.8, 4) is 0 Å². The van der Waals surface area contributed by atoms with Gasteiger partial charge in [0.05, 0.1) is 17.9 Å². The number of amides is 1. The number of halogens is 4. The third-order valence-corrected chi connectivity index (χ3v) is 2.46. The van der Waals surface area contributed by atoms with Crippen LogP contribution in [-0.2, 0) is 4.74 Å². The van der Waals surface area contributed by atoms with Crippen LogP contribution in [0.25, 0.3) is 0 Å². The second kappa shape index (κ2) is 4.04. The van der Waals surface area contributed by atoms with E-state index in [1.54, 1.807) is 0 Å². The fourth-order valence-electron chi connectivity index (χ4n) is 1.60. The quantitative estimate of drug-likeness (QED) is 0.625. The number of hydrogen-bond acceptors (Lipinski definition) is 3. The topological polar surface area (TPSA) is 55.6 Å². The molecule has 1 aliphatic heterocycles. The number of benzene rings is 1. The molecule has 1 aromatic carbocycles. The standard InChI is InChI=1S/C10H8F4N2O2/c11-5-1-2-7(6(15)3-5)16-4-8(10(12,13)14)18-9(16)17/h1-3,8H,4,15H2/t8-/m0/s1. The minimum absolute atomic E-state index is 0.00634. The smallest absolute Gasteiger partial charge is 0.427 e. The Morgan fingerprint density at radius 2 is 2.06 bits per heavy atom. The molecule has 0 spiro atoms. The molecule has 1 saturated heterocycles. The van der Waals surface area contributed by atoms with Gasteiger partial charge in [-0.05, 0) is 18.2 Å². The van der Waals surface area contributed by atoms with Gasteiger partial charge in [-0.3, -0.25) is 4.90 Å². The largest absolute Gasteiger partial charge is 0.434 e. The molecule has 1 atom stereocenters. The van der Waals surface area contributed by atoms with E-state index in [0.717, 1.165) is 23.1 Å². The Morgan fingerprint density at radius 3 is 2.56 bits per heavy atom. The first-order valence-corrected chi connectivity index (χ1v) is 4.89. The summed E-state index contributed by atoms with van der Waals surface area (Å²) in [5.41, 5.74) is 5.31. The van der Waals surface area contributed by atoms with E-state index >= 15 is 0 Å². The summed E-state index contributed by atoms with van der Waals surface area (Å²) in [5, 5.41) is 0. The van der Waals surface area contributed by atoms with E-state index in [4.69, 9.17) is 5.73 Å².